The molecule has 0 aromatic carbocycles. The summed E-state index contributed by atoms with van der Waals surface area (Å²) >= 11 is 0. The fourth-order valence-corrected chi connectivity index (χ4v) is 2.82. The summed E-state index contributed by atoms with van der Waals surface area (Å²) in [6.45, 7) is 7.73. The summed E-state index contributed by atoms with van der Waals surface area (Å²) in [5, 5.41) is 0. The molecule has 1 aliphatic heterocycles. The minimum atomic E-state index is 0.501. The minimum Gasteiger partial charge on any atom is -0.466 e. The van der Waals surface area contributed by atoms with Crippen molar-refractivity contribution >= 4 is 0 Å². The van der Waals surface area contributed by atoms with Crippen LogP contribution in [0.1, 0.15) is 42.3 Å². The molecule has 1 fully saturated rings. The maximum Gasteiger partial charge on any atom is 0.107 e. The standard InChI is InChI=1S/C17H22N2O/c1-13(17-6-5-14(2)20-17)7-9-19-11-16(12-19)15-4-3-8-18-10-15/h3-6,8,10,13,16H,7,9,11-12H2,1-2H3/t13-/m0/s1. The van der Waals surface area contributed by atoms with Crippen molar-refractivity contribution in [1.29, 1.82) is 0 Å². The number of furan rings is 1. The molecule has 0 bridgehead atoms. The van der Waals surface area contributed by atoms with Gasteiger partial charge in [0.15, 0.2) is 0 Å². The number of aryl methyl sites for hydroxylation is 1. The van der Waals surface area contributed by atoms with Crippen molar-refractivity contribution in [2.75, 3.05) is 19.6 Å². The SMILES string of the molecule is Cc1ccc([C@@H](C)CCN2CC(c3cccnc3)C2)o1. The van der Waals surface area contributed by atoms with Gasteiger partial charge in [-0.05, 0) is 43.7 Å². The Bertz CT molecular complexity index is 543. The number of aromatic nitrogens is 1. The highest BCUT2D eigenvalue weighted by molar-refractivity contribution is 5.18. The fraction of sp³-hybridized carbons (Fsp3) is 0.471. The molecule has 0 unspecified atom stereocenters. The maximum absolute atomic E-state index is 5.69. The molecule has 3 nitrogen and oxygen atoms in total. The molecule has 0 amide bonds. The van der Waals surface area contributed by atoms with Gasteiger partial charge in [0.2, 0.25) is 0 Å². The summed E-state index contributed by atoms with van der Waals surface area (Å²) in [4.78, 5) is 6.72. The van der Waals surface area contributed by atoms with Gasteiger partial charge in [0.25, 0.3) is 0 Å². The van der Waals surface area contributed by atoms with Crippen LogP contribution < -0.4 is 0 Å². The van der Waals surface area contributed by atoms with Crippen LogP contribution in [0.3, 0.4) is 0 Å². The number of hydrogen-bond acceptors (Lipinski definition) is 3. The van der Waals surface area contributed by atoms with Gasteiger partial charge in [-0.3, -0.25) is 4.98 Å². The summed E-state index contributed by atoms with van der Waals surface area (Å²) in [6.07, 6.45) is 5.00. The first-order valence-electron chi connectivity index (χ1n) is 7.41. The molecule has 106 valence electrons. The Hall–Kier alpha value is -1.61. The quantitative estimate of drug-likeness (QED) is 0.831. The Balaban J connectivity index is 1.43. The third-order valence-corrected chi connectivity index (χ3v) is 4.24. The zero-order chi connectivity index (χ0) is 13.9. The van der Waals surface area contributed by atoms with Crippen LogP contribution in [0.25, 0.3) is 0 Å². The largest absolute Gasteiger partial charge is 0.466 e. The van der Waals surface area contributed by atoms with E-state index in [1.54, 1.807) is 0 Å². The van der Waals surface area contributed by atoms with E-state index in [1.807, 2.05) is 31.5 Å². The summed E-state index contributed by atoms with van der Waals surface area (Å²) in [5.41, 5.74) is 1.37. The summed E-state index contributed by atoms with van der Waals surface area (Å²) in [7, 11) is 0. The Labute approximate surface area is 120 Å². The van der Waals surface area contributed by atoms with Crippen molar-refractivity contribution in [3.63, 3.8) is 0 Å². The van der Waals surface area contributed by atoms with E-state index < -0.39 is 0 Å². The molecule has 0 N–H and O–H groups in total. The summed E-state index contributed by atoms with van der Waals surface area (Å²) < 4.78 is 5.69. The number of nitrogens with zero attached hydrogens (tertiary/aromatic N) is 2. The third kappa shape index (κ3) is 2.93. The first-order chi connectivity index (χ1) is 9.72. The van der Waals surface area contributed by atoms with Crippen LogP contribution in [0.5, 0.6) is 0 Å². The van der Waals surface area contributed by atoms with Gasteiger partial charge in [-0.15, -0.1) is 0 Å². The molecule has 3 rings (SSSR count). The molecule has 0 spiro atoms. The van der Waals surface area contributed by atoms with Crippen molar-refractivity contribution in [3.05, 3.63) is 53.7 Å². The number of pyridine rings is 1. The zero-order valence-corrected chi connectivity index (χ0v) is 12.2. The molecular formula is C17H22N2O. The second kappa shape index (κ2) is 5.80. The number of hydrogen-bond donors (Lipinski definition) is 0. The lowest BCUT2D eigenvalue weighted by atomic mass is 9.92. The van der Waals surface area contributed by atoms with E-state index in [9.17, 15) is 0 Å². The molecule has 1 saturated heterocycles. The Morgan fingerprint density at radius 2 is 2.20 bits per heavy atom. The van der Waals surface area contributed by atoms with Crippen molar-refractivity contribution < 1.29 is 4.42 Å². The van der Waals surface area contributed by atoms with Crippen LogP contribution in [0.2, 0.25) is 0 Å². The van der Waals surface area contributed by atoms with Gasteiger partial charge in [-0.25, -0.2) is 0 Å². The second-order valence-electron chi connectivity index (χ2n) is 5.88. The molecule has 3 heterocycles. The second-order valence-corrected chi connectivity index (χ2v) is 5.88. The van der Waals surface area contributed by atoms with Crippen molar-refractivity contribution in [1.82, 2.24) is 9.88 Å². The van der Waals surface area contributed by atoms with E-state index >= 15 is 0 Å². The van der Waals surface area contributed by atoms with Crippen LogP contribution in [0.15, 0.2) is 41.1 Å². The topological polar surface area (TPSA) is 29.3 Å². The first kappa shape index (κ1) is 13.4. The summed E-state index contributed by atoms with van der Waals surface area (Å²) in [6, 6.07) is 8.37. The van der Waals surface area contributed by atoms with Crippen LogP contribution in [-0.2, 0) is 0 Å². The smallest absolute Gasteiger partial charge is 0.107 e. The lowest BCUT2D eigenvalue weighted by Crippen LogP contribution is -2.45. The first-order valence-corrected chi connectivity index (χ1v) is 7.41. The van der Waals surface area contributed by atoms with E-state index in [0.29, 0.717) is 11.8 Å². The molecule has 20 heavy (non-hydrogen) atoms. The van der Waals surface area contributed by atoms with Crippen LogP contribution in [0, 0.1) is 6.92 Å². The van der Waals surface area contributed by atoms with Gasteiger partial charge >= 0.3 is 0 Å². The molecule has 1 aliphatic rings. The highest BCUT2D eigenvalue weighted by Crippen LogP contribution is 2.28. The van der Waals surface area contributed by atoms with E-state index in [-0.39, 0.29) is 0 Å². The molecule has 2 aromatic rings. The average molecular weight is 270 g/mol. The molecule has 3 heteroatoms. The Morgan fingerprint density at radius 1 is 1.35 bits per heavy atom. The van der Waals surface area contributed by atoms with Crippen LogP contribution in [0.4, 0.5) is 0 Å². The number of likely N-dealkylation sites (tertiary alicyclic amines) is 1. The van der Waals surface area contributed by atoms with Gasteiger partial charge in [0.05, 0.1) is 0 Å². The normalized spacial score (nSPS) is 17.9. The van der Waals surface area contributed by atoms with Gasteiger partial charge in [0.1, 0.15) is 11.5 Å². The van der Waals surface area contributed by atoms with Crippen LogP contribution in [-0.4, -0.2) is 29.5 Å². The Morgan fingerprint density at radius 3 is 2.85 bits per heavy atom. The lowest BCUT2D eigenvalue weighted by Gasteiger charge is -2.39. The van der Waals surface area contributed by atoms with Gasteiger partial charge in [0, 0.05) is 37.3 Å². The molecular weight excluding hydrogens is 248 g/mol. The molecule has 2 aromatic heterocycles. The highest BCUT2D eigenvalue weighted by atomic mass is 16.3. The van der Waals surface area contributed by atoms with Crippen molar-refractivity contribution in [3.8, 4) is 0 Å². The highest BCUT2D eigenvalue weighted by Gasteiger charge is 2.28. The number of rotatable bonds is 5. The molecule has 1 atom stereocenters. The zero-order valence-electron chi connectivity index (χ0n) is 12.2. The van der Waals surface area contributed by atoms with Crippen molar-refractivity contribution in [2.45, 2.75) is 32.1 Å². The Kier molecular flexibility index (Phi) is 3.88. The van der Waals surface area contributed by atoms with E-state index in [1.165, 1.54) is 5.56 Å². The lowest BCUT2D eigenvalue weighted by molar-refractivity contribution is 0.142. The molecule has 0 radical (unpaired) electrons. The van der Waals surface area contributed by atoms with Crippen molar-refractivity contribution in [2.24, 2.45) is 0 Å². The fourth-order valence-electron chi connectivity index (χ4n) is 2.82. The van der Waals surface area contributed by atoms with Crippen LogP contribution >= 0.6 is 0 Å². The molecule has 0 aliphatic carbocycles. The predicted octanol–water partition coefficient (Wildman–Crippen LogP) is 3.58. The predicted molar refractivity (Wildman–Crippen MR) is 79.9 cm³/mol. The summed E-state index contributed by atoms with van der Waals surface area (Å²) in [5.74, 6) is 3.30. The maximum atomic E-state index is 5.69. The van der Waals surface area contributed by atoms with Gasteiger partial charge in [-0.1, -0.05) is 13.0 Å². The van der Waals surface area contributed by atoms with E-state index in [4.69, 9.17) is 4.42 Å². The van der Waals surface area contributed by atoms with Gasteiger partial charge in [-0.2, -0.15) is 0 Å². The average Bonchev–Trinajstić information content (AvgIpc) is 2.85. The molecule has 0 saturated carbocycles. The van der Waals surface area contributed by atoms with Gasteiger partial charge < -0.3 is 9.32 Å². The van der Waals surface area contributed by atoms with E-state index in [2.05, 4.69) is 28.9 Å². The van der Waals surface area contributed by atoms with E-state index in [0.717, 1.165) is 37.6 Å². The monoisotopic (exact) mass is 270 g/mol. The third-order valence-electron chi connectivity index (χ3n) is 4.24. The minimum absolute atomic E-state index is 0.501.